The molecule has 1 aromatic rings. The van der Waals surface area contributed by atoms with E-state index in [1.165, 1.54) is 42.0 Å². The van der Waals surface area contributed by atoms with Gasteiger partial charge in [0, 0.05) is 13.1 Å². The number of sulfonamides is 1. The Hall–Kier alpha value is -1.40. The van der Waals surface area contributed by atoms with Gasteiger partial charge in [-0.15, -0.1) is 0 Å². The normalized spacial score (nSPS) is 23.9. The molecule has 1 saturated carbocycles. The van der Waals surface area contributed by atoms with E-state index >= 15 is 0 Å². The number of hydrogen-bond donors (Lipinski definition) is 1. The SMILES string of the molecule is NC(=O)[C@@H]1CCCN(S(=O)(=O)c2ccc(C3CCCCC3)cc2)C1. The number of rotatable bonds is 4. The zero-order valence-electron chi connectivity index (χ0n) is 14.0. The molecule has 0 spiro atoms. The van der Waals surface area contributed by atoms with Gasteiger partial charge in [-0.2, -0.15) is 4.31 Å². The minimum absolute atomic E-state index is 0.196. The smallest absolute Gasteiger partial charge is 0.243 e. The van der Waals surface area contributed by atoms with Gasteiger partial charge in [0.05, 0.1) is 10.8 Å². The number of piperidine rings is 1. The maximum absolute atomic E-state index is 12.8. The van der Waals surface area contributed by atoms with Gasteiger partial charge in [-0.25, -0.2) is 8.42 Å². The predicted molar refractivity (Wildman–Crippen MR) is 92.9 cm³/mol. The molecule has 0 unspecified atom stereocenters. The van der Waals surface area contributed by atoms with Crippen molar-refractivity contribution < 1.29 is 13.2 Å². The van der Waals surface area contributed by atoms with E-state index in [9.17, 15) is 13.2 Å². The van der Waals surface area contributed by atoms with Crippen LogP contribution in [0.5, 0.6) is 0 Å². The van der Waals surface area contributed by atoms with Crippen molar-refractivity contribution in [2.24, 2.45) is 11.7 Å². The van der Waals surface area contributed by atoms with E-state index in [4.69, 9.17) is 5.73 Å². The van der Waals surface area contributed by atoms with E-state index in [1.807, 2.05) is 12.1 Å². The topological polar surface area (TPSA) is 80.5 Å². The van der Waals surface area contributed by atoms with Crippen molar-refractivity contribution in [2.45, 2.75) is 55.8 Å². The van der Waals surface area contributed by atoms with E-state index in [-0.39, 0.29) is 12.5 Å². The molecular formula is C18H26N2O3S. The molecule has 0 radical (unpaired) electrons. The zero-order chi connectivity index (χ0) is 17.2. The first-order valence-corrected chi connectivity index (χ1v) is 10.3. The van der Waals surface area contributed by atoms with Crippen LogP contribution in [0.1, 0.15) is 56.4 Å². The van der Waals surface area contributed by atoms with Crippen LogP contribution >= 0.6 is 0 Å². The molecule has 0 aromatic heterocycles. The van der Waals surface area contributed by atoms with E-state index in [0.29, 0.717) is 30.2 Å². The van der Waals surface area contributed by atoms with Gasteiger partial charge in [-0.3, -0.25) is 4.79 Å². The van der Waals surface area contributed by atoms with Crippen molar-refractivity contribution >= 4 is 15.9 Å². The molecule has 1 aliphatic heterocycles. The molecule has 1 aliphatic carbocycles. The summed E-state index contributed by atoms with van der Waals surface area (Å²) in [7, 11) is -3.55. The average molecular weight is 350 g/mol. The number of carbonyl (C=O) groups is 1. The summed E-state index contributed by atoms with van der Waals surface area (Å²) < 4.78 is 27.0. The van der Waals surface area contributed by atoms with Gasteiger partial charge in [0.25, 0.3) is 0 Å². The summed E-state index contributed by atoms with van der Waals surface area (Å²) in [6.07, 6.45) is 7.55. The first-order valence-electron chi connectivity index (χ1n) is 8.88. The number of nitrogens with zero attached hydrogens (tertiary/aromatic N) is 1. The van der Waals surface area contributed by atoms with Crippen molar-refractivity contribution in [3.05, 3.63) is 29.8 Å². The fraction of sp³-hybridized carbons (Fsp3) is 0.611. The van der Waals surface area contributed by atoms with Crippen molar-refractivity contribution in [3.63, 3.8) is 0 Å². The Kier molecular flexibility index (Phi) is 5.25. The van der Waals surface area contributed by atoms with E-state index < -0.39 is 15.9 Å². The van der Waals surface area contributed by atoms with Gasteiger partial charge in [-0.05, 0) is 49.3 Å². The van der Waals surface area contributed by atoms with Crippen LogP contribution in [-0.4, -0.2) is 31.7 Å². The molecule has 1 aromatic carbocycles. The lowest BCUT2D eigenvalue weighted by Gasteiger charge is -2.30. The fourth-order valence-corrected chi connectivity index (χ4v) is 5.41. The third-order valence-corrected chi connectivity index (χ3v) is 7.26. The molecule has 5 nitrogen and oxygen atoms in total. The van der Waals surface area contributed by atoms with Crippen LogP contribution in [0.25, 0.3) is 0 Å². The highest BCUT2D eigenvalue weighted by atomic mass is 32.2. The third-order valence-electron chi connectivity index (χ3n) is 5.38. The Morgan fingerprint density at radius 1 is 1.00 bits per heavy atom. The monoisotopic (exact) mass is 350 g/mol. The summed E-state index contributed by atoms with van der Waals surface area (Å²) in [5.74, 6) is -0.234. The van der Waals surface area contributed by atoms with Crippen LogP contribution in [0.2, 0.25) is 0 Å². The van der Waals surface area contributed by atoms with Crippen LogP contribution in [0.3, 0.4) is 0 Å². The first-order chi connectivity index (χ1) is 11.5. The summed E-state index contributed by atoms with van der Waals surface area (Å²) in [6.45, 7) is 0.651. The van der Waals surface area contributed by atoms with Gasteiger partial charge in [-0.1, -0.05) is 31.4 Å². The predicted octanol–water partition coefficient (Wildman–Crippen LogP) is 2.62. The lowest BCUT2D eigenvalue weighted by molar-refractivity contribution is -0.122. The molecule has 2 N–H and O–H groups in total. The molecule has 1 amide bonds. The largest absolute Gasteiger partial charge is 0.369 e. The summed E-state index contributed by atoms with van der Waals surface area (Å²) in [5, 5.41) is 0. The number of primary amides is 1. The Morgan fingerprint density at radius 2 is 1.67 bits per heavy atom. The van der Waals surface area contributed by atoms with Gasteiger partial charge in [0.1, 0.15) is 0 Å². The van der Waals surface area contributed by atoms with E-state index in [2.05, 4.69) is 0 Å². The van der Waals surface area contributed by atoms with E-state index in [0.717, 1.165) is 0 Å². The van der Waals surface area contributed by atoms with Crippen LogP contribution in [-0.2, 0) is 14.8 Å². The number of hydrogen-bond acceptors (Lipinski definition) is 3. The summed E-state index contributed by atoms with van der Waals surface area (Å²) >= 11 is 0. The van der Waals surface area contributed by atoms with Gasteiger partial charge >= 0.3 is 0 Å². The Balaban J connectivity index is 1.75. The Bertz CT molecular complexity index is 679. The summed E-state index contributed by atoms with van der Waals surface area (Å²) in [6, 6.07) is 7.34. The average Bonchev–Trinajstić information content (AvgIpc) is 2.62. The number of amides is 1. The van der Waals surface area contributed by atoms with Crippen molar-refractivity contribution in [3.8, 4) is 0 Å². The molecule has 1 saturated heterocycles. The Labute approximate surface area is 144 Å². The molecule has 6 heteroatoms. The molecular weight excluding hydrogens is 324 g/mol. The standard InChI is InChI=1S/C18H26N2O3S/c19-18(21)16-7-4-12-20(13-16)24(22,23)17-10-8-15(9-11-17)14-5-2-1-3-6-14/h8-11,14,16H,1-7,12-13H2,(H2,19,21)/t16-/m1/s1. The quantitative estimate of drug-likeness (QED) is 0.906. The highest BCUT2D eigenvalue weighted by molar-refractivity contribution is 7.89. The summed E-state index contributed by atoms with van der Waals surface area (Å²) in [5.41, 5.74) is 6.59. The fourth-order valence-electron chi connectivity index (χ4n) is 3.89. The van der Waals surface area contributed by atoms with Crippen LogP contribution in [0, 0.1) is 5.92 Å². The maximum atomic E-state index is 12.8. The second-order valence-electron chi connectivity index (χ2n) is 7.01. The molecule has 132 valence electrons. The van der Waals surface area contributed by atoms with Crippen molar-refractivity contribution in [1.82, 2.24) is 4.31 Å². The minimum atomic E-state index is -3.55. The minimum Gasteiger partial charge on any atom is -0.369 e. The molecule has 1 heterocycles. The van der Waals surface area contributed by atoms with Crippen LogP contribution in [0.4, 0.5) is 0 Å². The third kappa shape index (κ3) is 3.64. The van der Waals surface area contributed by atoms with Gasteiger partial charge in [0.2, 0.25) is 15.9 Å². The lowest BCUT2D eigenvalue weighted by atomic mass is 9.84. The zero-order valence-corrected chi connectivity index (χ0v) is 14.8. The van der Waals surface area contributed by atoms with Crippen LogP contribution < -0.4 is 5.73 Å². The highest BCUT2D eigenvalue weighted by Crippen LogP contribution is 2.33. The second-order valence-corrected chi connectivity index (χ2v) is 8.95. The molecule has 0 bridgehead atoms. The highest BCUT2D eigenvalue weighted by Gasteiger charge is 2.32. The van der Waals surface area contributed by atoms with Crippen LogP contribution in [0.15, 0.2) is 29.2 Å². The molecule has 24 heavy (non-hydrogen) atoms. The summed E-state index contributed by atoms with van der Waals surface area (Å²) in [4.78, 5) is 11.7. The lowest BCUT2D eigenvalue weighted by Crippen LogP contribution is -2.44. The van der Waals surface area contributed by atoms with Crippen molar-refractivity contribution in [2.75, 3.05) is 13.1 Å². The van der Waals surface area contributed by atoms with Gasteiger partial charge in [0.15, 0.2) is 0 Å². The molecule has 2 fully saturated rings. The second kappa shape index (κ2) is 7.23. The molecule has 3 rings (SSSR count). The Morgan fingerprint density at radius 3 is 2.29 bits per heavy atom. The van der Waals surface area contributed by atoms with Gasteiger partial charge < -0.3 is 5.73 Å². The number of nitrogens with two attached hydrogens (primary N) is 1. The molecule has 2 aliphatic rings. The maximum Gasteiger partial charge on any atom is 0.243 e. The van der Waals surface area contributed by atoms with E-state index in [1.54, 1.807) is 12.1 Å². The van der Waals surface area contributed by atoms with Crippen molar-refractivity contribution in [1.29, 1.82) is 0 Å². The first kappa shape index (κ1) is 17.4. The molecule has 1 atom stereocenters. The number of carbonyl (C=O) groups excluding carboxylic acids is 1. The number of benzene rings is 1.